The predicted octanol–water partition coefficient (Wildman–Crippen LogP) is 12.9. The second kappa shape index (κ2) is 10.5. The van der Waals surface area contributed by atoms with Gasteiger partial charge in [-0.15, -0.1) is 11.3 Å². The van der Waals surface area contributed by atoms with E-state index in [0.717, 1.165) is 0 Å². The molecule has 12 rings (SSSR count). The van der Waals surface area contributed by atoms with E-state index in [9.17, 15) is 0 Å². The first kappa shape index (κ1) is 32.0. The molecule has 266 valence electrons. The minimum Gasteiger partial charge on any atom is -0.376 e. The molecule has 4 aliphatic rings. The molecule has 2 nitrogen and oxygen atoms in total. The maximum atomic E-state index is 2.72. The standard InChI is InChI=1S/C51H43BN2S/c1-49(2)23-24-50(3,4)38-29-41-35(27-37(38)49)45-46-43(28-34-33-19-12-13-22-44(33)55-48(34)45)53-42-26-31-16-11-10-15-30(31)25-39(42)51(5,6)36-20-14-21-40(47(36)53)52(46)54(41)32-17-8-7-9-18-32/h7-22,25-29H,23-24H2,1-6H3. The third kappa shape index (κ3) is 4.06. The molecule has 0 fully saturated rings. The Morgan fingerprint density at radius 3 is 2.04 bits per heavy atom. The highest BCUT2D eigenvalue weighted by Crippen LogP contribution is 2.59. The van der Waals surface area contributed by atoms with Gasteiger partial charge in [0.2, 0.25) is 0 Å². The number of hydrogen-bond donors (Lipinski definition) is 0. The van der Waals surface area contributed by atoms with E-state index in [-0.39, 0.29) is 23.1 Å². The van der Waals surface area contributed by atoms with E-state index in [1.807, 2.05) is 11.3 Å². The lowest BCUT2D eigenvalue weighted by Gasteiger charge is -2.51. The van der Waals surface area contributed by atoms with Crippen LogP contribution in [0.4, 0.5) is 28.4 Å². The molecule has 0 saturated carbocycles. The molecule has 1 aromatic heterocycles. The van der Waals surface area contributed by atoms with Gasteiger partial charge in [-0.25, -0.2) is 0 Å². The zero-order valence-electron chi connectivity index (χ0n) is 32.4. The van der Waals surface area contributed by atoms with E-state index in [1.54, 1.807) is 0 Å². The van der Waals surface area contributed by atoms with Gasteiger partial charge in [-0.3, -0.25) is 0 Å². The lowest BCUT2D eigenvalue weighted by Crippen LogP contribution is -2.62. The SMILES string of the molecule is CC1(C)CCC(C)(C)c2cc3c(cc21)-c1c2c(cc4c1sc1ccccc14)N1c4cc5ccccc5cc4C(C)(C)c4cccc(c41)B2N3c1ccccc1. The third-order valence-corrected chi connectivity index (χ3v) is 15.2. The van der Waals surface area contributed by atoms with Crippen molar-refractivity contribution in [3.63, 3.8) is 0 Å². The summed E-state index contributed by atoms with van der Waals surface area (Å²) in [5, 5.41) is 5.28. The van der Waals surface area contributed by atoms with Gasteiger partial charge < -0.3 is 9.71 Å². The Balaban J connectivity index is 1.30. The van der Waals surface area contributed by atoms with E-state index in [4.69, 9.17) is 0 Å². The van der Waals surface area contributed by atoms with Gasteiger partial charge in [0.25, 0.3) is 0 Å². The average molecular weight is 727 g/mol. The van der Waals surface area contributed by atoms with E-state index >= 15 is 0 Å². The fraction of sp³-hybridized carbons (Fsp3) is 0.216. The summed E-state index contributed by atoms with van der Waals surface area (Å²) in [5.74, 6) is 0. The van der Waals surface area contributed by atoms with Gasteiger partial charge in [-0.05, 0) is 116 Å². The molecule has 0 unspecified atom stereocenters. The number of anilines is 5. The molecule has 0 bridgehead atoms. The summed E-state index contributed by atoms with van der Waals surface area (Å²) in [6.45, 7) is 14.7. The van der Waals surface area contributed by atoms with E-state index < -0.39 is 0 Å². The molecular formula is C51H43BN2S. The number of para-hydroxylation sites is 2. The first-order valence-corrected chi connectivity index (χ1v) is 20.8. The summed E-state index contributed by atoms with van der Waals surface area (Å²) in [4.78, 5) is 5.40. The van der Waals surface area contributed by atoms with Crippen molar-refractivity contribution in [1.82, 2.24) is 0 Å². The van der Waals surface area contributed by atoms with Crippen molar-refractivity contribution in [3.05, 3.63) is 150 Å². The lowest BCUT2D eigenvalue weighted by atomic mass is 9.42. The largest absolute Gasteiger partial charge is 0.376 e. The van der Waals surface area contributed by atoms with Crippen molar-refractivity contribution in [3.8, 4) is 11.1 Å². The highest BCUT2D eigenvalue weighted by Gasteiger charge is 2.51. The average Bonchev–Trinajstić information content (AvgIpc) is 3.57. The van der Waals surface area contributed by atoms with Gasteiger partial charge in [0.15, 0.2) is 0 Å². The topological polar surface area (TPSA) is 6.48 Å². The van der Waals surface area contributed by atoms with Crippen LogP contribution in [0.15, 0.2) is 127 Å². The van der Waals surface area contributed by atoms with Crippen LogP contribution < -0.4 is 20.6 Å². The van der Waals surface area contributed by atoms with Crippen molar-refractivity contribution < 1.29 is 0 Å². The molecule has 0 radical (unpaired) electrons. The Hall–Kier alpha value is -5.32. The van der Waals surface area contributed by atoms with Gasteiger partial charge in [0, 0.05) is 59.5 Å². The minimum absolute atomic E-state index is 0.00344. The van der Waals surface area contributed by atoms with Crippen LogP contribution in [0.3, 0.4) is 0 Å². The fourth-order valence-electron chi connectivity index (χ4n) is 11.0. The van der Waals surface area contributed by atoms with Crippen LogP contribution >= 0.6 is 11.3 Å². The fourth-order valence-corrected chi connectivity index (χ4v) is 12.3. The number of nitrogens with zero attached hydrogens (tertiary/aromatic N) is 2. The molecular weight excluding hydrogens is 683 g/mol. The number of hydrogen-bond acceptors (Lipinski definition) is 3. The Labute approximate surface area is 328 Å². The van der Waals surface area contributed by atoms with E-state index in [1.165, 1.54) is 117 Å². The molecule has 4 heterocycles. The molecule has 55 heavy (non-hydrogen) atoms. The number of fused-ring (bicyclic) bond motifs is 12. The van der Waals surface area contributed by atoms with Crippen molar-refractivity contribution in [2.24, 2.45) is 0 Å². The third-order valence-electron chi connectivity index (χ3n) is 14.0. The van der Waals surface area contributed by atoms with Crippen LogP contribution in [0.1, 0.15) is 76.6 Å². The monoisotopic (exact) mass is 726 g/mol. The van der Waals surface area contributed by atoms with Gasteiger partial charge in [-0.1, -0.05) is 120 Å². The summed E-state index contributed by atoms with van der Waals surface area (Å²) >= 11 is 1.98. The van der Waals surface area contributed by atoms with Crippen molar-refractivity contribution in [2.45, 2.75) is 70.6 Å². The van der Waals surface area contributed by atoms with Crippen LogP contribution in [0.2, 0.25) is 0 Å². The molecule has 0 N–H and O–H groups in total. The van der Waals surface area contributed by atoms with Crippen LogP contribution in [-0.2, 0) is 16.2 Å². The highest BCUT2D eigenvalue weighted by atomic mass is 32.1. The zero-order valence-corrected chi connectivity index (χ0v) is 33.2. The smallest absolute Gasteiger partial charge is 0.333 e. The lowest BCUT2D eigenvalue weighted by molar-refractivity contribution is 0.332. The van der Waals surface area contributed by atoms with Crippen LogP contribution in [0, 0.1) is 0 Å². The first-order valence-electron chi connectivity index (χ1n) is 20.0. The van der Waals surface area contributed by atoms with E-state index in [2.05, 4.69) is 179 Å². The normalized spacial score (nSPS) is 17.8. The minimum atomic E-state index is -0.195. The molecule has 0 atom stereocenters. The van der Waals surface area contributed by atoms with Gasteiger partial charge in [0.05, 0.1) is 5.69 Å². The molecule has 7 aromatic carbocycles. The van der Waals surface area contributed by atoms with Crippen LogP contribution in [0.25, 0.3) is 42.1 Å². The molecule has 0 amide bonds. The number of rotatable bonds is 1. The van der Waals surface area contributed by atoms with Gasteiger partial charge >= 0.3 is 6.85 Å². The first-order chi connectivity index (χ1) is 26.5. The van der Waals surface area contributed by atoms with E-state index in [0.29, 0.717) is 0 Å². The van der Waals surface area contributed by atoms with Crippen molar-refractivity contribution >= 4 is 88.5 Å². The second-order valence-electron chi connectivity index (χ2n) is 18.4. The van der Waals surface area contributed by atoms with Gasteiger partial charge in [-0.2, -0.15) is 0 Å². The summed E-state index contributed by atoms with van der Waals surface area (Å²) in [6.07, 6.45) is 2.37. The number of thiophene rings is 1. The Morgan fingerprint density at radius 1 is 0.564 bits per heavy atom. The molecule has 1 aliphatic carbocycles. The number of benzene rings is 7. The van der Waals surface area contributed by atoms with Crippen LogP contribution in [-0.4, -0.2) is 6.85 Å². The molecule has 4 heteroatoms. The molecule has 0 spiro atoms. The molecule has 3 aliphatic heterocycles. The quantitative estimate of drug-likeness (QED) is 0.155. The Bertz CT molecular complexity index is 2990. The predicted molar refractivity (Wildman–Crippen MR) is 238 cm³/mol. The highest BCUT2D eigenvalue weighted by molar-refractivity contribution is 7.26. The van der Waals surface area contributed by atoms with Crippen LogP contribution in [0.5, 0.6) is 0 Å². The summed E-state index contributed by atoms with van der Waals surface area (Å²) < 4.78 is 2.76. The van der Waals surface area contributed by atoms with Crippen molar-refractivity contribution in [2.75, 3.05) is 9.71 Å². The Kier molecular flexibility index (Phi) is 6.10. The molecule has 8 aromatic rings. The second-order valence-corrected chi connectivity index (χ2v) is 19.4. The summed E-state index contributed by atoms with van der Waals surface area (Å²) in [6, 6.07) is 49.2. The maximum Gasteiger partial charge on any atom is 0.333 e. The van der Waals surface area contributed by atoms with Gasteiger partial charge in [0.1, 0.15) is 0 Å². The van der Waals surface area contributed by atoms with Crippen molar-refractivity contribution in [1.29, 1.82) is 0 Å². The Morgan fingerprint density at radius 2 is 1.25 bits per heavy atom. The maximum absolute atomic E-state index is 2.72. The summed E-state index contributed by atoms with van der Waals surface area (Å²) in [7, 11) is 0. The summed E-state index contributed by atoms with van der Waals surface area (Å²) in [5.41, 5.74) is 17.9. The molecule has 0 saturated heterocycles. The zero-order chi connectivity index (χ0) is 37.2.